The number of rotatable bonds is 7. The van der Waals surface area contributed by atoms with Crippen LogP contribution in [-0.4, -0.2) is 44.0 Å². The molecule has 1 aliphatic rings. The molecule has 1 fully saturated rings. The van der Waals surface area contributed by atoms with Gasteiger partial charge in [0, 0.05) is 24.7 Å². The van der Waals surface area contributed by atoms with E-state index in [1.165, 1.54) is 0 Å². The molecule has 0 saturated carbocycles. The van der Waals surface area contributed by atoms with Gasteiger partial charge in [0.1, 0.15) is 5.75 Å². The first-order valence-corrected chi connectivity index (χ1v) is 7.29. The van der Waals surface area contributed by atoms with Crippen molar-refractivity contribution in [1.29, 1.82) is 0 Å². The highest BCUT2D eigenvalue weighted by Gasteiger charge is 2.27. The molecule has 6 nitrogen and oxygen atoms in total. The molecule has 0 aromatic heterocycles. The van der Waals surface area contributed by atoms with Gasteiger partial charge < -0.3 is 20.7 Å². The van der Waals surface area contributed by atoms with Crippen LogP contribution in [-0.2, 0) is 9.59 Å². The van der Waals surface area contributed by atoms with Gasteiger partial charge in [0.2, 0.25) is 5.91 Å². The van der Waals surface area contributed by atoms with Crippen molar-refractivity contribution in [2.75, 3.05) is 31.1 Å². The number of nitrogens with one attached hydrogen (secondary N) is 1. The fourth-order valence-corrected chi connectivity index (χ4v) is 2.16. The highest BCUT2D eigenvalue weighted by molar-refractivity contribution is 5.95. The Kier molecular flexibility index (Phi) is 5.49. The van der Waals surface area contributed by atoms with Gasteiger partial charge in [-0.05, 0) is 18.6 Å². The fraction of sp³-hybridized carbons (Fsp3) is 0.467. The Morgan fingerprint density at radius 1 is 1.43 bits per heavy atom. The third-order valence-corrected chi connectivity index (χ3v) is 3.42. The lowest BCUT2D eigenvalue weighted by Crippen LogP contribution is -2.43. The maximum Gasteiger partial charge on any atom is 0.277 e. The molecule has 8 heteroatoms. The van der Waals surface area contributed by atoms with E-state index in [0.29, 0.717) is 24.4 Å². The number of carbonyl (C=O) groups excluding carboxylic acids is 2. The fourth-order valence-electron chi connectivity index (χ4n) is 2.16. The number of ether oxygens (including phenoxy) is 1. The highest BCUT2D eigenvalue weighted by Crippen LogP contribution is 2.25. The zero-order valence-electron chi connectivity index (χ0n) is 12.6. The lowest BCUT2D eigenvalue weighted by atomic mass is 10.3. The molecule has 0 bridgehead atoms. The van der Waals surface area contributed by atoms with E-state index in [2.05, 4.69) is 5.32 Å². The van der Waals surface area contributed by atoms with E-state index >= 15 is 0 Å². The van der Waals surface area contributed by atoms with Crippen LogP contribution in [0, 0.1) is 0 Å². The monoisotopic (exact) mass is 327 g/mol. The summed E-state index contributed by atoms with van der Waals surface area (Å²) in [4.78, 5) is 24.8. The number of amides is 2. The molecule has 0 spiro atoms. The van der Waals surface area contributed by atoms with Crippen molar-refractivity contribution in [1.82, 2.24) is 5.32 Å². The predicted molar refractivity (Wildman–Crippen MR) is 80.5 cm³/mol. The number of benzene rings is 1. The number of alkyl halides is 2. The second-order valence-corrected chi connectivity index (χ2v) is 5.27. The van der Waals surface area contributed by atoms with Gasteiger partial charge in [0.05, 0.1) is 13.1 Å². The minimum Gasteiger partial charge on any atom is -0.484 e. The van der Waals surface area contributed by atoms with Crippen LogP contribution in [0.15, 0.2) is 24.3 Å². The molecule has 1 aromatic carbocycles. The van der Waals surface area contributed by atoms with Gasteiger partial charge in [0.25, 0.3) is 11.8 Å². The van der Waals surface area contributed by atoms with Gasteiger partial charge in [-0.2, -0.15) is 0 Å². The van der Waals surface area contributed by atoms with E-state index in [9.17, 15) is 18.4 Å². The first kappa shape index (κ1) is 17.1. The van der Waals surface area contributed by atoms with Crippen molar-refractivity contribution < 1.29 is 23.1 Å². The van der Waals surface area contributed by atoms with Gasteiger partial charge in [0.15, 0.2) is 6.61 Å². The molecule has 2 amide bonds. The Morgan fingerprint density at radius 3 is 2.87 bits per heavy atom. The SMILES string of the molecule is NCC(F)(F)CNC(=O)COc1cccc(N2CCCC2=O)c1. The number of halogens is 2. The highest BCUT2D eigenvalue weighted by atomic mass is 19.3. The summed E-state index contributed by atoms with van der Waals surface area (Å²) in [6, 6.07) is 6.76. The summed E-state index contributed by atoms with van der Waals surface area (Å²) in [7, 11) is 0. The smallest absolute Gasteiger partial charge is 0.277 e. The zero-order valence-corrected chi connectivity index (χ0v) is 12.6. The number of carbonyl (C=O) groups is 2. The molecule has 3 N–H and O–H groups in total. The van der Waals surface area contributed by atoms with E-state index in [0.717, 1.165) is 6.42 Å². The Bertz CT molecular complexity index is 581. The largest absolute Gasteiger partial charge is 0.484 e. The van der Waals surface area contributed by atoms with Gasteiger partial charge in [-0.3, -0.25) is 9.59 Å². The minimum atomic E-state index is -3.13. The second-order valence-electron chi connectivity index (χ2n) is 5.27. The number of hydrogen-bond acceptors (Lipinski definition) is 4. The van der Waals surface area contributed by atoms with Crippen molar-refractivity contribution in [3.8, 4) is 5.75 Å². The molecule has 1 saturated heterocycles. The van der Waals surface area contributed by atoms with Crippen LogP contribution in [0.2, 0.25) is 0 Å². The quantitative estimate of drug-likeness (QED) is 0.779. The van der Waals surface area contributed by atoms with Crippen LogP contribution in [0.5, 0.6) is 5.75 Å². The van der Waals surface area contributed by atoms with Crippen LogP contribution < -0.4 is 20.7 Å². The summed E-state index contributed by atoms with van der Waals surface area (Å²) in [6.45, 7) is -1.40. The summed E-state index contributed by atoms with van der Waals surface area (Å²) in [5, 5.41) is 2.06. The zero-order chi connectivity index (χ0) is 16.9. The van der Waals surface area contributed by atoms with E-state index in [4.69, 9.17) is 10.5 Å². The molecule has 1 heterocycles. The van der Waals surface area contributed by atoms with Gasteiger partial charge in [-0.25, -0.2) is 8.78 Å². The molecule has 0 radical (unpaired) electrons. The number of nitrogens with two attached hydrogens (primary N) is 1. The molecular formula is C15H19F2N3O3. The molecule has 2 rings (SSSR count). The Morgan fingerprint density at radius 2 is 2.22 bits per heavy atom. The molecule has 23 heavy (non-hydrogen) atoms. The van der Waals surface area contributed by atoms with Gasteiger partial charge >= 0.3 is 0 Å². The molecule has 0 aliphatic carbocycles. The summed E-state index contributed by atoms with van der Waals surface area (Å²) in [5.41, 5.74) is 5.57. The van der Waals surface area contributed by atoms with Crippen LogP contribution in [0.3, 0.4) is 0 Å². The lowest BCUT2D eigenvalue weighted by molar-refractivity contribution is -0.124. The summed E-state index contributed by atoms with van der Waals surface area (Å²) < 4.78 is 31.1. The first-order chi connectivity index (χ1) is 10.9. The molecule has 126 valence electrons. The maximum absolute atomic E-state index is 12.9. The molecule has 1 aliphatic heterocycles. The number of nitrogens with zero attached hydrogens (tertiary/aromatic N) is 1. The minimum absolute atomic E-state index is 0.0453. The average Bonchev–Trinajstić information content (AvgIpc) is 2.97. The standard InChI is InChI=1S/C15H19F2N3O3/c16-15(17,9-18)10-19-13(21)8-23-12-4-1-3-11(7-12)20-6-2-5-14(20)22/h1,3-4,7H,2,5-6,8-10,18H2,(H,19,21). The van der Waals surface area contributed by atoms with Gasteiger partial charge in [-0.15, -0.1) is 0 Å². The number of hydrogen-bond donors (Lipinski definition) is 2. The molecule has 1 aromatic rings. The lowest BCUT2D eigenvalue weighted by Gasteiger charge is -2.17. The normalized spacial score (nSPS) is 14.9. The van der Waals surface area contributed by atoms with E-state index < -0.39 is 31.5 Å². The van der Waals surface area contributed by atoms with Crippen molar-refractivity contribution in [3.63, 3.8) is 0 Å². The van der Waals surface area contributed by atoms with Crippen molar-refractivity contribution >= 4 is 17.5 Å². The van der Waals surface area contributed by atoms with Gasteiger partial charge in [-0.1, -0.05) is 6.07 Å². The van der Waals surface area contributed by atoms with Crippen LogP contribution in [0.1, 0.15) is 12.8 Å². The van der Waals surface area contributed by atoms with Crippen LogP contribution >= 0.6 is 0 Å². The Labute approximate surface area is 132 Å². The van der Waals surface area contributed by atoms with E-state index in [1.54, 1.807) is 29.2 Å². The van der Waals surface area contributed by atoms with E-state index in [1.807, 2.05) is 0 Å². The van der Waals surface area contributed by atoms with Crippen molar-refractivity contribution in [2.45, 2.75) is 18.8 Å². The van der Waals surface area contributed by atoms with E-state index in [-0.39, 0.29) is 5.91 Å². The molecule has 0 atom stereocenters. The van der Waals surface area contributed by atoms with Crippen molar-refractivity contribution in [2.24, 2.45) is 5.73 Å². The van der Waals surface area contributed by atoms with Crippen LogP contribution in [0.4, 0.5) is 14.5 Å². The maximum atomic E-state index is 12.9. The Hall–Kier alpha value is -2.22. The predicted octanol–water partition coefficient (Wildman–Crippen LogP) is 0.902. The second kappa shape index (κ2) is 7.36. The third kappa shape index (κ3) is 4.88. The molecule has 0 unspecified atom stereocenters. The third-order valence-electron chi connectivity index (χ3n) is 3.42. The summed E-state index contributed by atoms with van der Waals surface area (Å²) in [5.74, 6) is -3.36. The van der Waals surface area contributed by atoms with Crippen LogP contribution in [0.25, 0.3) is 0 Å². The summed E-state index contributed by atoms with van der Waals surface area (Å²) in [6.07, 6.45) is 1.32. The molecular weight excluding hydrogens is 308 g/mol. The average molecular weight is 327 g/mol. The van der Waals surface area contributed by atoms with Crippen molar-refractivity contribution in [3.05, 3.63) is 24.3 Å². The first-order valence-electron chi connectivity index (χ1n) is 7.29. The number of anilines is 1. The Balaban J connectivity index is 1.86. The topological polar surface area (TPSA) is 84.7 Å². The summed E-state index contributed by atoms with van der Waals surface area (Å²) >= 11 is 0.